The molecule has 3 nitrogen and oxygen atoms in total. The van der Waals surface area contributed by atoms with E-state index in [1.54, 1.807) is 12.3 Å². The maximum Gasteiger partial charge on any atom is 0.150 e. The Balaban J connectivity index is 1.64. The number of hydrogen-bond acceptors (Lipinski definition) is 2. The first-order chi connectivity index (χ1) is 10.3. The summed E-state index contributed by atoms with van der Waals surface area (Å²) in [6.07, 6.45) is 5.62. The summed E-state index contributed by atoms with van der Waals surface area (Å²) in [4.78, 5) is 6.98. The average molecular weight is 281 g/mol. The van der Waals surface area contributed by atoms with Gasteiger partial charge >= 0.3 is 0 Å². The Hall–Kier alpha value is -2.62. The first-order valence-corrected chi connectivity index (χ1v) is 6.83. The lowest BCUT2D eigenvalue weighted by molar-refractivity contribution is 0.615. The normalized spacial score (nSPS) is 10.7. The maximum atomic E-state index is 13.6. The smallest absolute Gasteiger partial charge is 0.150 e. The van der Waals surface area contributed by atoms with Crippen LogP contribution in [0.25, 0.3) is 16.6 Å². The molecule has 2 N–H and O–H groups in total. The van der Waals surface area contributed by atoms with Gasteiger partial charge in [0.15, 0.2) is 5.82 Å². The Morgan fingerprint density at radius 2 is 2.14 bits per heavy atom. The molecule has 0 spiro atoms. The van der Waals surface area contributed by atoms with Crippen LogP contribution in [0.4, 0.5) is 4.39 Å². The van der Waals surface area contributed by atoms with Gasteiger partial charge in [0.25, 0.3) is 0 Å². The molecule has 0 aliphatic heterocycles. The minimum atomic E-state index is -0.359. The molecule has 3 aromatic rings. The number of halogens is 1. The predicted molar refractivity (Wildman–Crippen MR) is 83.2 cm³/mol. The van der Waals surface area contributed by atoms with Gasteiger partial charge in [-0.05, 0) is 24.1 Å². The Morgan fingerprint density at radius 1 is 1.29 bits per heavy atom. The largest absolute Gasteiger partial charge is 0.385 e. The summed E-state index contributed by atoms with van der Waals surface area (Å²) in [5.41, 5.74) is 3.41. The van der Waals surface area contributed by atoms with Crippen LogP contribution < -0.4 is 5.32 Å². The number of H-pyrrole nitrogens is 1. The number of fused-ring (bicyclic) bond motifs is 1. The fourth-order valence-electron chi connectivity index (χ4n) is 2.40. The van der Waals surface area contributed by atoms with E-state index in [1.807, 2.05) is 18.3 Å². The first kappa shape index (κ1) is 13.4. The van der Waals surface area contributed by atoms with Crippen LogP contribution in [0.1, 0.15) is 11.1 Å². The molecule has 0 unspecified atom stereocenters. The van der Waals surface area contributed by atoms with Gasteiger partial charge in [0, 0.05) is 41.1 Å². The number of pyridine rings is 1. The van der Waals surface area contributed by atoms with Crippen molar-refractivity contribution in [2.24, 2.45) is 0 Å². The van der Waals surface area contributed by atoms with Crippen LogP contribution in [-0.4, -0.2) is 16.5 Å². The molecular formula is C17H16FN3. The van der Waals surface area contributed by atoms with Crippen molar-refractivity contribution < 1.29 is 4.39 Å². The molecular weight excluding hydrogens is 265 g/mol. The molecule has 0 aliphatic carbocycles. The van der Waals surface area contributed by atoms with Crippen LogP contribution in [0, 0.1) is 5.82 Å². The molecule has 0 amide bonds. The minimum Gasteiger partial charge on any atom is -0.385 e. The number of aromatic nitrogens is 2. The second-order valence-electron chi connectivity index (χ2n) is 4.87. The van der Waals surface area contributed by atoms with Crippen molar-refractivity contribution in [3.8, 4) is 0 Å². The van der Waals surface area contributed by atoms with E-state index in [2.05, 4.69) is 34.0 Å². The summed E-state index contributed by atoms with van der Waals surface area (Å²) in [7, 11) is 0. The highest BCUT2D eigenvalue weighted by Crippen LogP contribution is 2.18. The van der Waals surface area contributed by atoms with Crippen molar-refractivity contribution >= 4 is 16.6 Å². The van der Waals surface area contributed by atoms with E-state index in [1.165, 1.54) is 17.1 Å². The third kappa shape index (κ3) is 2.79. The lowest BCUT2D eigenvalue weighted by Gasteiger charge is -2.10. The van der Waals surface area contributed by atoms with Crippen LogP contribution >= 0.6 is 0 Å². The monoisotopic (exact) mass is 281 g/mol. The van der Waals surface area contributed by atoms with Gasteiger partial charge < -0.3 is 10.3 Å². The summed E-state index contributed by atoms with van der Waals surface area (Å²) in [6.45, 7) is 4.58. The zero-order valence-corrected chi connectivity index (χ0v) is 11.6. The summed E-state index contributed by atoms with van der Waals surface area (Å²) >= 11 is 0. The highest BCUT2D eigenvalue weighted by atomic mass is 19.1. The minimum absolute atomic E-state index is 0.359. The maximum absolute atomic E-state index is 13.6. The van der Waals surface area contributed by atoms with Crippen molar-refractivity contribution in [3.63, 3.8) is 0 Å². The molecule has 4 heteroatoms. The lowest BCUT2D eigenvalue weighted by Crippen LogP contribution is -2.15. The van der Waals surface area contributed by atoms with Crippen molar-refractivity contribution in [1.82, 2.24) is 15.3 Å². The molecule has 0 saturated heterocycles. The Morgan fingerprint density at radius 3 is 3.00 bits per heavy atom. The van der Waals surface area contributed by atoms with Crippen LogP contribution in [0.5, 0.6) is 0 Å². The Labute approximate surface area is 122 Å². The second kappa shape index (κ2) is 5.79. The number of benzene rings is 1. The van der Waals surface area contributed by atoms with Gasteiger partial charge in [-0.2, -0.15) is 0 Å². The van der Waals surface area contributed by atoms with Gasteiger partial charge in [0.05, 0.1) is 6.20 Å². The fourth-order valence-corrected chi connectivity index (χ4v) is 2.40. The molecule has 106 valence electrons. The predicted octanol–water partition coefficient (Wildman–Crippen LogP) is 3.51. The van der Waals surface area contributed by atoms with Crippen LogP contribution in [0.15, 0.2) is 55.5 Å². The molecule has 0 aliphatic rings. The van der Waals surface area contributed by atoms with E-state index in [0.29, 0.717) is 17.8 Å². The molecule has 0 radical (unpaired) electrons. The Kier molecular flexibility index (Phi) is 3.69. The van der Waals surface area contributed by atoms with Crippen molar-refractivity contribution in [3.05, 3.63) is 72.4 Å². The number of para-hydroxylation sites is 1. The quantitative estimate of drug-likeness (QED) is 0.751. The molecule has 0 atom stereocenters. The van der Waals surface area contributed by atoms with Crippen LogP contribution in [0.3, 0.4) is 0 Å². The zero-order chi connectivity index (χ0) is 14.7. The topological polar surface area (TPSA) is 40.7 Å². The van der Waals surface area contributed by atoms with E-state index >= 15 is 0 Å². The summed E-state index contributed by atoms with van der Waals surface area (Å²) < 4.78 is 13.6. The van der Waals surface area contributed by atoms with Crippen LogP contribution in [0.2, 0.25) is 0 Å². The van der Waals surface area contributed by atoms with E-state index in [4.69, 9.17) is 0 Å². The average Bonchev–Trinajstić information content (AvgIpc) is 2.91. The number of nitrogens with zero attached hydrogens (tertiary/aromatic N) is 1. The van der Waals surface area contributed by atoms with Crippen LogP contribution in [-0.2, 0) is 6.42 Å². The van der Waals surface area contributed by atoms with Gasteiger partial charge in [-0.1, -0.05) is 24.8 Å². The third-order valence-electron chi connectivity index (χ3n) is 3.51. The SMILES string of the molecule is C=C(NCCc1c[nH]c2ccccc12)c1ccncc1F. The zero-order valence-electron chi connectivity index (χ0n) is 11.6. The number of aromatic amines is 1. The highest BCUT2D eigenvalue weighted by Gasteiger charge is 2.06. The summed E-state index contributed by atoms with van der Waals surface area (Å²) in [5, 5.41) is 4.39. The fraction of sp³-hybridized carbons (Fsp3) is 0.118. The van der Waals surface area contributed by atoms with E-state index in [0.717, 1.165) is 11.9 Å². The summed E-state index contributed by atoms with van der Waals surface area (Å²) in [6, 6.07) is 9.81. The number of hydrogen-bond donors (Lipinski definition) is 2. The van der Waals surface area contributed by atoms with E-state index in [-0.39, 0.29) is 5.82 Å². The Bertz CT molecular complexity index is 776. The molecule has 1 aromatic carbocycles. The molecule has 21 heavy (non-hydrogen) atoms. The third-order valence-corrected chi connectivity index (χ3v) is 3.51. The van der Waals surface area contributed by atoms with Gasteiger partial charge in [-0.15, -0.1) is 0 Å². The first-order valence-electron chi connectivity index (χ1n) is 6.83. The van der Waals surface area contributed by atoms with E-state index < -0.39 is 0 Å². The number of rotatable bonds is 5. The van der Waals surface area contributed by atoms with Gasteiger partial charge in [0.1, 0.15) is 0 Å². The van der Waals surface area contributed by atoms with E-state index in [9.17, 15) is 4.39 Å². The molecule has 0 saturated carbocycles. The standard InChI is InChI=1S/C17H16FN3/c1-12(14-7-8-19-11-16(14)18)20-9-6-13-10-21-17-5-3-2-4-15(13)17/h2-5,7-8,10-11,20-21H,1,6,9H2. The van der Waals surface area contributed by atoms with Gasteiger partial charge in [0.2, 0.25) is 0 Å². The highest BCUT2D eigenvalue weighted by molar-refractivity contribution is 5.83. The molecule has 2 heterocycles. The number of nitrogens with one attached hydrogen (secondary N) is 2. The van der Waals surface area contributed by atoms with Crippen molar-refractivity contribution in [2.75, 3.05) is 6.54 Å². The summed E-state index contributed by atoms with van der Waals surface area (Å²) in [5.74, 6) is -0.359. The molecule has 2 aromatic heterocycles. The molecule has 0 bridgehead atoms. The molecule has 0 fully saturated rings. The van der Waals surface area contributed by atoms with Crippen molar-refractivity contribution in [2.45, 2.75) is 6.42 Å². The lowest BCUT2D eigenvalue weighted by atomic mass is 10.1. The van der Waals surface area contributed by atoms with Gasteiger partial charge in [-0.25, -0.2) is 4.39 Å². The molecule has 3 rings (SSSR count). The van der Waals surface area contributed by atoms with Gasteiger partial charge in [-0.3, -0.25) is 4.98 Å². The second-order valence-corrected chi connectivity index (χ2v) is 4.87. The van der Waals surface area contributed by atoms with Crippen molar-refractivity contribution in [1.29, 1.82) is 0 Å².